The third-order valence-electron chi connectivity index (χ3n) is 3.56. The zero-order valence-electron chi connectivity index (χ0n) is 10.0. The molecule has 0 bridgehead atoms. The molecule has 5 nitrogen and oxygen atoms in total. The Balaban J connectivity index is 2.16. The summed E-state index contributed by atoms with van der Waals surface area (Å²) >= 11 is 0. The second-order valence-electron chi connectivity index (χ2n) is 4.78. The summed E-state index contributed by atoms with van der Waals surface area (Å²) in [6, 6.07) is 0. The van der Waals surface area contributed by atoms with Crippen molar-refractivity contribution in [1.29, 1.82) is 0 Å². The van der Waals surface area contributed by atoms with E-state index in [2.05, 4.69) is 0 Å². The molecule has 1 aliphatic rings. The number of hydrogen-bond acceptors (Lipinski definition) is 3. The SMILES string of the molecule is Cn1ccn(CC(O)C2CCCC2)c(=O)c1=O. The minimum absolute atomic E-state index is 0.222. The van der Waals surface area contributed by atoms with Gasteiger partial charge in [0.15, 0.2) is 0 Å². The number of hydrogen-bond donors (Lipinski definition) is 1. The first-order chi connectivity index (χ1) is 8.09. The average molecular weight is 238 g/mol. The molecule has 94 valence electrons. The topological polar surface area (TPSA) is 64.2 Å². The molecule has 1 atom stereocenters. The van der Waals surface area contributed by atoms with Gasteiger partial charge in [-0.25, -0.2) is 0 Å². The van der Waals surface area contributed by atoms with E-state index in [9.17, 15) is 14.7 Å². The third-order valence-corrected chi connectivity index (χ3v) is 3.56. The van der Waals surface area contributed by atoms with Gasteiger partial charge in [0.25, 0.3) is 0 Å². The highest BCUT2D eigenvalue weighted by Crippen LogP contribution is 2.28. The molecule has 17 heavy (non-hydrogen) atoms. The van der Waals surface area contributed by atoms with Crippen LogP contribution in [0.15, 0.2) is 22.0 Å². The monoisotopic (exact) mass is 238 g/mol. The Labute approximate surface area is 99.3 Å². The highest BCUT2D eigenvalue weighted by Gasteiger charge is 2.23. The van der Waals surface area contributed by atoms with Crippen LogP contribution in [0.2, 0.25) is 0 Å². The molecule has 1 aromatic heterocycles. The summed E-state index contributed by atoms with van der Waals surface area (Å²) in [7, 11) is 1.54. The molecular weight excluding hydrogens is 220 g/mol. The van der Waals surface area contributed by atoms with Crippen molar-refractivity contribution in [2.75, 3.05) is 0 Å². The van der Waals surface area contributed by atoms with Gasteiger partial charge in [0.2, 0.25) is 0 Å². The standard InChI is InChI=1S/C12H18N2O3/c1-13-6-7-14(12(17)11(13)16)8-10(15)9-4-2-3-5-9/h6-7,9-10,15H,2-5,8H2,1H3. The molecule has 1 saturated carbocycles. The largest absolute Gasteiger partial charge is 0.391 e. The van der Waals surface area contributed by atoms with Gasteiger partial charge in [0.05, 0.1) is 12.6 Å². The van der Waals surface area contributed by atoms with Crippen LogP contribution in [0.25, 0.3) is 0 Å². The predicted octanol–water partition coefficient (Wildman–Crippen LogP) is 0.0981. The molecule has 0 spiro atoms. The van der Waals surface area contributed by atoms with Crippen molar-refractivity contribution in [3.05, 3.63) is 33.1 Å². The van der Waals surface area contributed by atoms with E-state index in [0.29, 0.717) is 0 Å². The van der Waals surface area contributed by atoms with E-state index >= 15 is 0 Å². The van der Waals surface area contributed by atoms with Crippen molar-refractivity contribution in [2.45, 2.75) is 38.3 Å². The number of nitrogens with zero attached hydrogens (tertiary/aromatic N) is 2. The maximum absolute atomic E-state index is 11.7. The van der Waals surface area contributed by atoms with Gasteiger partial charge in [-0.05, 0) is 18.8 Å². The maximum Gasteiger partial charge on any atom is 0.316 e. The lowest BCUT2D eigenvalue weighted by Gasteiger charge is -2.18. The van der Waals surface area contributed by atoms with Crippen LogP contribution in [0.4, 0.5) is 0 Å². The van der Waals surface area contributed by atoms with Gasteiger partial charge < -0.3 is 14.2 Å². The van der Waals surface area contributed by atoms with Gasteiger partial charge in [-0.2, -0.15) is 0 Å². The normalized spacial score (nSPS) is 18.5. The number of aryl methyl sites for hydroxylation is 1. The Kier molecular flexibility index (Phi) is 3.47. The second-order valence-corrected chi connectivity index (χ2v) is 4.78. The summed E-state index contributed by atoms with van der Waals surface area (Å²) in [6.07, 6.45) is 6.90. The number of aliphatic hydroxyl groups is 1. The Hall–Kier alpha value is -1.36. The van der Waals surface area contributed by atoms with Crippen molar-refractivity contribution >= 4 is 0 Å². The highest BCUT2D eigenvalue weighted by atomic mass is 16.3. The van der Waals surface area contributed by atoms with Gasteiger partial charge in [-0.3, -0.25) is 9.59 Å². The summed E-state index contributed by atoms with van der Waals surface area (Å²) in [4.78, 5) is 23.1. The zero-order valence-corrected chi connectivity index (χ0v) is 10.0. The first-order valence-corrected chi connectivity index (χ1v) is 6.03. The van der Waals surface area contributed by atoms with Crippen LogP contribution in [0.3, 0.4) is 0 Å². The molecule has 0 aromatic carbocycles. The van der Waals surface area contributed by atoms with Crippen molar-refractivity contribution in [1.82, 2.24) is 9.13 Å². The van der Waals surface area contributed by atoms with Crippen molar-refractivity contribution in [3.8, 4) is 0 Å². The van der Waals surface area contributed by atoms with Crippen molar-refractivity contribution < 1.29 is 5.11 Å². The number of aromatic nitrogens is 2. The van der Waals surface area contributed by atoms with Crippen LogP contribution < -0.4 is 11.1 Å². The molecule has 1 heterocycles. The van der Waals surface area contributed by atoms with E-state index < -0.39 is 17.2 Å². The Bertz CT molecular complexity index is 497. The quantitative estimate of drug-likeness (QED) is 0.759. The van der Waals surface area contributed by atoms with Gasteiger partial charge >= 0.3 is 11.1 Å². The Morgan fingerprint density at radius 2 is 1.94 bits per heavy atom. The van der Waals surface area contributed by atoms with E-state index in [4.69, 9.17) is 0 Å². The molecule has 1 aliphatic carbocycles. The van der Waals surface area contributed by atoms with E-state index in [1.54, 1.807) is 19.4 Å². The van der Waals surface area contributed by atoms with E-state index in [0.717, 1.165) is 25.7 Å². The predicted molar refractivity (Wildman–Crippen MR) is 63.9 cm³/mol. The first-order valence-electron chi connectivity index (χ1n) is 6.03. The number of aliphatic hydroxyl groups excluding tert-OH is 1. The molecule has 1 aromatic rings. The summed E-state index contributed by atoms with van der Waals surface area (Å²) < 4.78 is 2.56. The molecule has 1 fully saturated rings. The molecule has 0 amide bonds. The fourth-order valence-corrected chi connectivity index (χ4v) is 2.43. The van der Waals surface area contributed by atoms with Gasteiger partial charge in [-0.15, -0.1) is 0 Å². The molecule has 1 unspecified atom stereocenters. The molecule has 1 N–H and O–H groups in total. The van der Waals surface area contributed by atoms with Crippen LogP contribution in [-0.2, 0) is 13.6 Å². The van der Waals surface area contributed by atoms with Crippen LogP contribution in [0.1, 0.15) is 25.7 Å². The molecular formula is C12H18N2O3. The van der Waals surface area contributed by atoms with Crippen molar-refractivity contribution in [2.24, 2.45) is 13.0 Å². The lowest BCUT2D eigenvalue weighted by Crippen LogP contribution is -2.42. The second kappa shape index (κ2) is 4.87. The zero-order chi connectivity index (χ0) is 12.4. The molecule has 0 radical (unpaired) electrons. The summed E-state index contributed by atoms with van der Waals surface area (Å²) in [5.41, 5.74) is -1.11. The van der Waals surface area contributed by atoms with Crippen LogP contribution in [-0.4, -0.2) is 20.3 Å². The summed E-state index contributed by atoms with van der Waals surface area (Å²) in [5, 5.41) is 10.0. The van der Waals surface area contributed by atoms with Gasteiger partial charge in [0.1, 0.15) is 0 Å². The van der Waals surface area contributed by atoms with Crippen LogP contribution >= 0.6 is 0 Å². The van der Waals surface area contributed by atoms with Crippen LogP contribution in [0.5, 0.6) is 0 Å². The lowest BCUT2D eigenvalue weighted by molar-refractivity contribution is 0.0917. The number of rotatable bonds is 3. The Morgan fingerprint density at radius 3 is 2.59 bits per heavy atom. The minimum atomic E-state index is -0.563. The summed E-state index contributed by atoms with van der Waals surface area (Å²) in [6.45, 7) is 0.222. The molecule has 2 rings (SSSR count). The summed E-state index contributed by atoms with van der Waals surface area (Å²) in [5.74, 6) is 0.269. The average Bonchev–Trinajstić information content (AvgIpc) is 2.83. The van der Waals surface area contributed by atoms with E-state index in [1.165, 1.54) is 9.13 Å². The van der Waals surface area contributed by atoms with Gasteiger partial charge in [0, 0.05) is 19.4 Å². The third kappa shape index (κ3) is 2.49. The Morgan fingerprint density at radius 1 is 1.29 bits per heavy atom. The smallest absolute Gasteiger partial charge is 0.316 e. The van der Waals surface area contributed by atoms with E-state index in [1.807, 2.05) is 0 Å². The van der Waals surface area contributed by atoms with Gasteiger partial charge in [-0.1, -0.05) is 12.8 Å². The lowest BCUT2D eigenvalue weighted by atomic mass is 10.0. The van der Waals surface area contributed by atoms with E-state index in [-0.39, 0.29) is 12.5 Å². The van der Waals surface area contributed by atoms with Crippen LogP contribution in [0, 0.1) is 5.92 Å². The first kappa shape index (κ1) is 12.1. The molecule has 5 heteroatoms. The fourth-order valence-electron chi connectivity index (χ4n) is 2.43. The molecule has 0 aliphatic heterocycles. The highest BCUT2D eigenvalue weighted by molar-refractivity contribution is 4.86. The van der Waals surface area contributed by atoms with Crippen molar-refractivity contribution in [3.63, 3.8) is 0 Å². The fraction of sp³-hybridized carbons (Fsp3) is 0.667. The molecule has 0 saturated heterocycles. The minimum Gasteiger partial charge on any atom is -0.391 e. The maximum atomic E-state index is 11.7.